The Morgan fingerprint density at radius 1 is 1.03 bits per heavy atom. The summed E-state index contributed by atoms with van der Waals surface area (Å²) in [6, 6.07) is 18.0. The van der Waals surface area contributed by atoms with Gasteiger partial charge in [-0.15, -0.1) is 0 Å². The number of carbonyl (C=O) groups excluding carboxylic acids is 2. The normalized spacial score (nSPS) is 11.5. The molecule has 35 heavy (non-hydrogen) atoms. The van der Waals surface area contributed by atoms with Gasteiger partial charge in [0.15, 0.2) is 5.76 Å². The fourth-order valence-electron chi connectivity index (χ4n) is 3.50. The number of amides is 1. The van der Waals surface area contributed by atoms with E-state index in [9.17, 15) is 9.59 Å². The maximum Gasteiger partial charge on any atom is 0.412 e. The van der Waals surface area contributed by atoms with Crippen molar-refractivity contribution in [2.75, 3.05) is 12.4 Å². The third-order valence-corrected chi connectivity index (χ3v) is 5.68. The predicted octanol–water partition coefficient (Wildman–Crippen LogP) is 6.46. The predicted molar refractivity (Wildman–Crippen MR) is 131 cm³/mol. The van der Waals surface area contributed by atoms with Crippen LogP contribution < -0.4 is 5.32 Å². The first-order valence-electron chi connectivity index (χ1n) is 10.7. The van der Waals surface area contributed by atoms with Gasteiger partial charge >= 0.3 is 12.1 Å². The molecule has 9 heteroatoms. The standard InChI is InChI=1S/C26H22ClN3O5/c1-15-23(29-26(32)34-16(2)20-9-4-5-10-21(20)27)24(35-30-15)18-8-6-7-17(13-18)19-11-12-22(28-14-19)25(31)33-3/h4-14,16H,1-3H3,(H,29,32). The average molecular weight is 492 g/mol. The molecule has 8 nitrogen and oxygen atoms in total. The molecule has 0 aliphatic heterocycles. The van der Waals surface area contributed by atoms with Crippen LogP contribution in [0, 0.1) is 6.92 Å². The maximum atomic E-state index is 12.6. The number of benzene rings is 2. The Morgan fingerprint density at radius 2 is 1.80 bits per heavy atom. The van der Waals surface area contributed by atoms with Crippen LogP contribution >= 0.6 is 11.6 Å². The lowest BCUT2D eigenvalue weighted by atomic mass is 10.0. The number of aryl methyl sites for hydroxylation is 1. The van der Waals surface area contributed by atoms with Crippen LogP contribution in [0.2, 0.25) is 5.02 Å². The molecule has 4 aromatic rings. The van der Waals surface area contributed by atoms with E-state index >= 15 is 0 Å². The second-order valence-electron chi connectivity index (χ2n) is 7.67. The molecule has 0 bridgehead atoms. The van der Waals surface area contributed by atoms with E-state index in [1.165, 1.54) is 7.11 Å². The molecule has 0 aliphatic rings. The molecule has 0 saturated carbocycles. The van der Waals surface area contributed by atoms with Gasteiger partial charge in [0.05, 0.1) is 7.11 Å². The minimum atomic E-state index is -0.663. The van der Waals surface area contributed by atoms with Crippen LogP contribution in [0.4, 0.5) is 10.5 Å². The van der Waals surface area contributed by atoms with Crippen molar-refractivity contribution in [3.63, 3.8) is 0 Å². The Hall–Kier alpha value is -4.17. The third kappa shape index (κ3) is 5.33. The zero-order chi connectivity index (χ0) is 24.9. The number of nitrogens with zero attached hydrogens (tertiary/aromatic N) is 2. The molecule has 2 heterocycles. The molecule has 0 aliphatic carbocycles. The number of hydrogen-bond donors (Lipinski definition) is 1. The SMILES string of the molecule is COC(=O)c1ccc(-c2cccc(-c3onc(C)c3NC(=O)OC(C)c3ccccc3Cl)c2)cn1. The zero-order valence-electron chi connectivity index (χ0n) is 19.2. The Balaban J connectivity index is 1.55. The number of halogens is 1. The monoisotopic (exact) mass is 491 g/mol. The highest BCUT2D eigenvalue weighted by atomic mass is 35.5. The first kappa shape index (κ1) is 24.0. The van der Waals surface area contributed by atoms with Crippen molar-refractivity contribution < 1.29 is 23.6 Å². The largest absolute Gasteiger partial charge is 0.464 e. The topological polar surface area (TPSA) is 104 Å². The molecule has 0 spiro atoms. The summed E-state index contributed by atoms with van der Waals surface area (Å²) in [4.78, 5) is 28.4. The number of carbonyl (C=O) groups is 2. The Kier molecular flexibility index (Phi) is 7.12. The first-order chi connectivity index (χ1) is 16.9. The molecule has 2 aromatic carbocycles. The average Bonchev–Trinajstić information content (AvgIpc) is 3.23. The van der Waals surface area contributed by atoms with Gasteiger partial charge in [-0.3, -0.25) is 5.32 Å². The number of anilines is 1. The van der Waals surface area contributed by atoms with E-state index < -0.39 is 18.2 Å². The van der Waals surface area contributed by atoms with Gasteiger partial charge in [0.1, 0.15) is 23.2 Å². The van der Waals surface area contributed by atoms with E-state index in [1.807, 2.05) is 36.4 Å². The van der Waals surface area contributed by atoms with Crippen molar-refractivity contribution in [2.45, 2.75) is 20.0 Å². The Labute approximate surface area is 206 Å². The Morgan fingerprint density at radius 3 is 2.51 bits per heavy atom. The number of esters is 1. The minimum Gasteiger partial charge on any atom is -0.464 e. The van der Waals surface area contributed by atoms with Crippen molar-refractivity contribution in [1.82, 2.24) is 10.1 Å². The highest BCUT2D eigenvalue weighted by molar-refractivity contribution is 6.31. The summed E-state index contributed by atoms with van der Waals surface area (Å²) in [6.45, 7) is 3.46. The number of rotatable bonds is 6. The van der Waals surface area contributed by atoms with Gasteiger partial charge in [0.25, 0.3) is 0 Å². The van der Waals surface area contributed by atoms with Crippen molar-refractivity contribution in [1.29, 1.82) is 0 Å². The summed E-state index contributed by atoms with van der Waals surface area (Å²) < 4.78 is 15.7. The van der Waals surface area contributed by atoms with Crippen LogP contribution in [-0.2, 0) is 9.47 Å². The molecule has 2 aromatic heterocycles. The third-order valence-electron chi connectivity index (χ3n) is 5.33. The molecular formula is C26H22ClN3O5. The lowest BCUT2D eigenvalue weighted by Gasteiger charge is -2.15. The second kappa shape index (κ2) is 10.4. The summed E-state index contributed by atoms with van der Waals surface area (Å²) >= 11 is 6.21. The van der Waals surface area contributed by atoms with E-state index in [0.717, 1.165) is 11.1 Å². The zero-order valence-corrected chi connectivity index (χ0v) is 20.0. The molecule has 4 rings (SSSR count). The van der Waals surface area contributed by atoms with Gasteiger partial charge in [0.2, 0.25) is 0 Å². The number of pyridine rings is 1. The van der Waals surface area contributed by atoms with Gasteiger partial charge in [-0.2, -0.15) is 0 Å². The van der Waals surface area contributed by atoms with E-state index in [0.29, 0.717) is 33.3 Å². The van der Waals surface area contributed by atoms with Crippen LogP contribution in [0.5, 0.6) is 0 Å². The molecule has 0 saturated heterocycles. The molecule has 1 N–H and O–H groups in total. The van der Waals surface area contributed by atoms with Gasteiger partial charge in [-0.25, -0.2) is 14.6 Å². The lowest BCUT2D eigenvalue weighted by Crippen LogP contribution is -2.17. The molecule has 0 radical (unpaired) electrons. The molecule has 1 atom stereocenters. The van der Waals surface area contributed by atoms with Gasteiger partial charge in [-0.05, 0) is 37.6 Å². The van der Waals surface area contributed by atoms with Crippen molar-refractivity contribution in [3.05, 3.63) is 88.8 Å². The van der Waals surface area contributed by atoms with E-state index in [2.05, 4.69) is 20.2 Å². The summed E-state index contributed by atoms with van der Waals surface area (Å²) in [5.74, 6) is -0.125. The smallest absolute Gasteiger partial charge is 0.412 e. The summed E-state index contributed by atoms with van der Waals surface area (Å²) in [7, 11) is 1.31. The number of methoxy groups -OCH3 is 1. The highest BCUT2D eigenvalue weighted by Gasteiger charge is 2.21. The van der Waals surface area contributed by atoms with Crippen LogP contribution in [0.3, 0.4) is 0 Å². The fourth-order valence-corrected chi connectivity index (χ4v) is 3.79. The summed E-state index contributed by atoms with van der Waals surface area (Å²) in [5, 5.41) is 7.26. The van der Waals surface area contributed by atoms with E-state index in [1.54, 1.807) is 44.3 Å². The molecule has 178 valence electrons. The van der Waals surface area contributed by atoms with E-state index in [4.69, 9.17) is 20.9 Å². The molecule has 1 amide bonds. The van der Waals surface area contributed by atoms with E-state index in [-0.39, 0.29) is 5.69 Å². The van der Waals surface area contributed by atoms with Crippen LogP contribution in [-0.4, -0.2) is 29.3 Å². The highest BCUT2D eigenvalue weighted by Crippen LogP contribution is 2.34. The minimum absolute atomic E-state index is 0.217. The fraction of sp³-hybridized carbons (Fsp3) is 0.154. The number of hydrogen-bond acceptors (Lipinski definition) is 7. The quantitative estimate of drug-likeness (QED) is 0.308. The van der Waals surface area contributed by atoms with Crippen molar-refractivity contribution >= 4 is 29.4 Å². The second-order valence-corrected chi connectivity index (χ2v) is 8.08. The number of ether oxygens (including phenoxy) is 2. The Bertz CT molecular complexity index is 1370. The number of nitrogens with one attached hydrogen (secondary N) is 1. The van der Waals surface area contributed by atoms with Gasteiger partial charge in [0, 0.05) is 27.9 Å². The summed E-state index contributed by atoms with van der Waals surface area (Å²) in [6.07, 6.45) is 0.365. The molecule has 0 fully saturated rings. The van der Waals surface area contributed by atoms with Gasteiger partial charge in [-0.1, -0.05) is 59.2 Å². The molecular weight excluding hydrogens is 470 g/mol. The number of aromatic nitrogens is 2. The summed E-state index contributed by atoms with van der Waals surface area (Å²) in [5.41, 5.74) is 4.13. The van der Waals surface area contributed by atoms with Gasteiger partial charge < -0.3 is 14.0 Å². The lowest BCUT2D eigenvalue weighted by molar-refractivity contribution is 0.0594. The first-order valence-corrected chi connectivity index (χ1v) is 11.1. The van der Waals surface area contributed by atoms with Crippen molar-refractivity contribution in [2.24, 2.45) is 0 Å². The van der Waals surface area contributed by atoms with Crippen LogP contribution in [0.1, 0.15) is 34.8 Å². The molecule has 1 unspecified atom stereocenters. The van der Waals surface area contributed by atoms with Crippen molar-refractivity contribution in [3.8, 4) is 22.5 Å². The van der Waals surface area contributed by atoms with Crippen LogP contribution in [0.25, 0.3) is 22.5 Å². The maximum absolute atomic E-state index is 12.6. The van der Waals surface area contributed by atoms with Crippen LogP contribution in [0.15, 0.2) is 71.4 Å².